The molecule has 4 rings (SSSR count). The monoisotopic (exact) mass is 481 g/mol. The molecule has 33 heavy (non-hydrogen) atoms. The highest BCUT2D eigenvalue weighted by Crippen LogP contribution is 2.36. The molecular weight excluding hydrogens is 462 g/mol. The van der Waals surface area contributed by atoms with Gasteiger partial charge in [0.1, 0.15) is 10.6 Å². The molecule has 1 N–H and O–H groups in total. The minimum atomic E-state index is -0.712. The van der Waals surface area contributed by atoms with Crippen molar-refractivity contribution in [1.29, 1.82) is 0 Å². The minimum Gasteiger partial charge on any atom is -0.462 e. The molecule has 1 amide bonds. The zero-order chi connectivity index (χ0) is 23.5. The van der Waals surface area contributed by atoms with Crippen molar-refractivity contribution in [2.24, 2.45) is 0 Å². The zero-order valence-corrected chi connectivity index (χ0v) is 19.5. The normalized spacial score (nSPS) is 10.9. The first-order chi connectivity index (χ1) is 15.9. The molecule has 0 bridgehead atoms. The van der Waals surface area contributed by atoms with Crippen molar-refractivity contribution in [3.8, 4) is 11.1 Å². The van der Waals surface area contributed by atoms with Crippen molar-refractivity contribution < 1.29 is 14.3 Å². The Labute approximate surface area is 198 Å². The highest BCUT2D eigenvalue weighted by Gasteiger charge is 2.25. The van der Waals surface area contributed by atoms with E-state index in [1.54, 1.807) is 29.1 Å². The van der Waals surface area contributed by atoms with Gasteiger partial charge in [0, 0.05) is 22.5 Å². The van der Waals surface area contributed by atoms with Crippen LogP contribution in [0.2, 0.25) is 5.02 Å². The summed E-state index contributed by atoms with van der Waals surface area (Å²) in [7, 11) is 0. The summed E-state index contributed by atoms with van der Waals surface area (Å²) in [5.41, 5.74) is 1.45. The van der Waals surface area contributed by atoms with Crippen LogP contribution >= 0.6 is 22.9 Å². The average Bonchev–Trinajstić information content (AvgIpc) is 3.24. The molecule has 9 heteroatoms. The van der Waals surface area contributed by atoms with E-state index in [1.165, 1.54) is 17.4 Å². The number of rotatable bonds is 6. The second-order valence-electron chi connectivity index (χ2n) is 7.05. The van der Waals surface area contributed by atoms with Crippen molar-refractivity contribution in [2.75, 3.05) is 11.9 Å². The fourth-order valence-electron chi connectivity index (χ4n) is 3.50. The smallest absolute Gasteiger partial charge is 0.341 e. The topological polar surface area (TPSA) is 90.3 Å². The third kappa shape index (κ3) is 4.40. The number of ether oxygens (including phenoxy) is 1. The van der Waals surface area contributed by atoms with E-state index in [0.29, 0.717) is 28.0 Å². The van der Waals surface area contributed by atoms with Gasteiger partial charge in [0.25, 0.3) is 5.91 Å². The summed E-state index contributed by atoms with van der Waals surface area (Å²) in [6.07, 6.45) is 0. The van der Waals surface area contributed by atoms with E-state index >= 15 is 0 Å². The Hall–Kier alpha value is -3.49. The van der Waals surface area contributed by atoms with Gasteiger partial charge >= 0.3 is 5.97 Å². The molecule has 2 aromatic carbocycles. The molecule has 168 valence electrons. The van der Waals surface area contributed by atoms with Crippen molar-refractivity contribution >= 4 is 50.7 Å². The first-order valence-electron chi connectivity index (χ1n) is 10.3. The second-order valence-corrected chi connectivity index (χ2v) is 8.37. The largest absolute Gasteiger partial charge is 0.462 e. The predicted molar refractivity (Wildman–Crippen MR) is 130 cm³/mol. The number of aromatic nitrogens is 2. The highest BCUT2D eigenvalue weighted by atomic mass is 35.5. The third-order valence-electron chi connectivity index (χ3n) is 5.01. The van der Waals surface area contributed by atoms with Gasteiger partial charge in [-0.25, -0.2) is 4.79 Å². The number of nitrogens with one attached hydrogen (secondary N) is 1. The molecule has 0 aliphatic rings. The van der Waals surface area contributed by atoms with Gasteiger partial charge in [-0.3, -0.25) is 14.3 Å². The molecule has 4 aromatic rings. The number of nitrogens with zero attached hydrogens (tertiary/aromatic N) is 2. The van der Waals surface area contributed by atoms with Gasteiger partial charge in [-0.05, 0) is 37.6 Å². The fraction of sp³-hybridized carbons (Fsp3) is 0.167. The van der Waals surface area contributed by atoms with Crippen molar-refractivity contribution in [3.63, 3.8) is 0 Å². The molecule has 0 radical (unpaired) electrons. The maximum absolute atomic E-state index is 13.1. The first kappa shape index (κ1) is 22.7. The van der Waals surface area contributed by atoms with Gasteiger partial charge in [-0.2, -0.15) is 5.10 Å². The van der Waals surface area contributed by atoms with Gasteiger partial charge in [0.2, 0.25) is 5.43 Å². The van der Waals surface area contributed by atoms with Crippen LogP contribution < -0.4 is 10.7 Å². The first-order valence-corrected chi connectivity index (χ1v) is 11.6. The standard InChI is InChI=1S/C24H20ClN3O4S/c1-3-28-18-11-10-15(25)12-16(18)21(29)20(27-28)22(30)26-23-19(24(31)32-4-2)17(13-33-23)14-8-6-5-7-9-14/h5-13H,3-4H2,1-2H3,(H,26,30). The molecule has 0 saturated heterocycles. The van der Waals surface area contributed by atoms with E-state index < -0.39 is 17.3 Å². The lowest BCUT2D eigenvalue weighted by molar-refractivity contribution is 0.0529. The summed E-state index contributed by atoms with van der Waals surface area (Å²) in [4.78, 5) is 38.9. The molecule has 0 saturated carbocycles. The minimum absolute atomic E-state index is 0.185. The van der Waals surface area contributed by atoms with E-state index in [0.717, 1.165) is 5.56 Å². The summed E-state index contributed by atoms with van der Waals surface area (Å²) < 4.78 is 6.80. The number of thiophene rings is 1. The van der Waals surface area contributed by atoms with Crippen LogP contribution in [0.25, 0.3) is 22.0 Å². The number of hydrogen-bond donors (Lipinski definition) is 1. The van der Waals surface area contributed by atoms with Crippen LogP contribution in [0.3, 0.4) is 0 Å². The summed E-state index contributed by atoms with van der Waals surface area (Å²) in [5.74, 6) is -1.27. The number of esters is 1. The molecule has 0 aliphatic carbocycles. The number of carbonyl (C=O) groups is 2. The Morgan fingerprint density at radius 3 is 2.61 bits per heavy atom. The Kier molecular flexibility index (Phi) is 6.57. The number of aryl methyl sites for hydroxylation is 1. The molecule has 7 nitrogen and oxygen atoms in total. The van der Waals surface area contributed by atoms with E-state index in [-0.39, 0.29) is 22.9 Å². The molecule has 0 atom stereocenters. The second kappa shape index (κ2) is 9.56. The molecule has 0 aliphatic heterocycles. The molecule has 0 unspecified atom stereocenters. The Balaban J connectivity index is 1.79. The average molecular weight is 482 g/mol. The van der Waals surface area contributed by atoms with Crippen LogP contribution in [-0.4, -0.2) is 28.3 Å². The van der Waals surface area contributed by atoms with E-state index in [2.05, 4.69) is 10.4 Å². The Morgan fingerprint density at radius 1 is 1.15 bits per heavy atom. The summed E-state index contributed by atoms with van der Waals surface area (Å²) >= 11 is 7.25. The SMILES string of the molecule is CCOC(=O)c1c(-c2ccccc2)csc1NC(=O)c1nn(CC)c2ccc(Cl)cc2c1=O. The van der Waals surface area contributed by atoms with E-state index in [1.807, 2.05) is 37.3 Å². The maximum Gasteiger partial charge on any atom is 0.341 e. The lowest BCUT2D eigenvalue weighted by Gasteiger charge is -2.11. The quantitative estimate of drug-likeness (QED) is 0.381. The molecule has 0 fully saturated rings. The van der Waals surface area contributed by atoms with Crippen LogP contribution in [0.4, 0.5) is 5.00 Å². The van der Waals surface area contributed by atoms with Crippen LogP contribution in [-0.2, 0) is 11.3 Å². The number of fused-ring (bicyclic) bond motifs is 1. The lowest BCUT2D eigenvalue weighted by atomic mass is 10.0. The van der Waals surface area contributed by atoms with Crippen LogP contribution in [0.15, 0.2) is 58.7 Å². The number of anilines is 1. The van der Waals surface area contributed by atoms with Crippen LogP contribution in [0.1, 0.15) is 34.7 Å². The van der Waals surface area contributed by atoms with Crippen molar-refractivity contribution in [2.45, 2.75) is 20.4 Å². The number of hydrogen-bond acceptors (Lipinski definition) is 6. The molecule has 0 spiro atoms. The molecular formula is C24H20ClN3O4S. The van der Waals surface area contributed by atoms with Gasteiger partial charge < -0.3 is 10.1 Å². The summed E-state index contributed by atoms with van der Waals surface area (Å²) in [6, 6.07) is 14.2. The number of benzene rings is 2. The van der Waals surface area contributed by atoms with E-state index in [4.69, 9.17) is 16.3 Å². The fourth-order valence-corrected chi connectivity index (χ4v) is 4.63. The third-order valence-corrected chi connectivity index (χ3v) is 6.14. The highest BCUT2D eigenvalue weighted by molar-refractivity contribution is 7.15. The van der Waals surface area contributed by atoms with Crippen LogP contribution in [0, 0.1) is 0 Å². The van der Waals surface area contributed by atoms with Gasteiger partial charge in [0.15, 0.2) is 5.69 Å². The number of carbonyl (C=O) groups excluding carboxylic acids is 2. The van der Waals surface area contributed by atoms with Crippen LogP contribution in [0.5, 0.6) is 0 Å². The number of amides is 1. The lowest BCUT2D eigenvalue weighted by Crippen LogP contribution is -2.27. The van der Waals surface area contributed by atoms with E-state index in [9.17, 15) is 14.4 Å². The number of halogens is 1. The summed E-state index contributed by atoms with van der Waals surface area (Å²) in [6.45, 7) is 4.20. The molecule has 2 aromatic heterocycles. The predicted octanol–water partition coefficient (Wildman–Crippen LogP) is 5.23. The Morgan fingerprint density at radius 2 is 1.91 bits per heavy atom. The Bertz CT molecular complexity index is 1410. The van der Waals surface area contributed by atoms with Crippen molar-refractivity contribution in [1.82, 2.24) is 9.78 Å². The van der Waals surface area contributed by atoms with Crippen molar-refractivity contribution in [3.05, 3.63) is 80.4 Å². The van der Waals surface area contributed by atoms with Gasteiger partial charge in [-0.1, -0.05) is 41.9 Å². The van der Waals surface area contributed by atoms with Gasteiger partial charge in [-0.15, -0.1) is 11.3 Å². The maximum atomic E-state index is 13.1. The zero-order valence-electron chi connectivity index (χ0n) is 17.9. The molecule has 2 heterocycles. The summed E-state index contributed by atoms with van der Waals surface area (Å²) in [5, 5.41) is 9.70. The van der Waals surface area contributed by atoms with Gasteiger partial charge in [0.05, 0.1) is 17.5 Å².